The zero-order valence-corrected chi connectivity index (χ0v) is 7.75. The fourth-order valence-corrected chi connectivity index (χ4v) is 2.07. The monoisotopic (exact) mass is 202 g/mol. The summed E-state index contributed by atoms with van der Waals surface area (Å²) in [5.41, 5.74) is 1.06. The molecule has 0 aromatic heterocycles. The molecule has 5 heteroatoms. The Labute approximate surface area is 81.0 Å². The lowest BCUT2D eigenvalue weighted by atomic mass is 10.0. The third-order valence-electron chi connectivity index (χ3n) is 2.59. The molecule has 2 heterocycles. The highest BCUT2D eigenvalue weighted by atomic mass is 19.3. The van der Waals surface area contributed by atoms with Gasteiger partial charge in [0, 0.05) is 13.1 Å². The van der Waals surface area contributed by atoms with Crippen molar-refractivity contribution >= 4 is 6.22 Å². The van der Waals surface area contributed by atoms with Crippen molar-refractivity contribution in [1.29, 1.82) is 0 Å². The van der Waals surface area contributed by atoms with Crippen molar-refractivity contribution in [2.75, 3.05) is 26.2 Å². The number of nitrogens with zero attached hydrogens (tertiary/aromatic N) is 2. The van der Waals surface area contributed by atoms with E-state index in [0.29, 0.717) is 5.92 Å². The standard InChI is InChI=1S/C9H12F2N2O/c10-9(11)12-14-6-8-3-7-1-2-13(4-7)5-8/h3,7H,1-2,4-6H2. The van der Waals surface area contributed by atoms with Crippen molar-refractivity contribution in [2.24, 2.45) is 11.1 Å². The predicted molar refractivity (Wildman–Crippen MR) is 48.2 cm³/mol. The number of oxime groups is 1. The minimum absolute atomic E-state index is 0.185. The molecule has 1 fully saturated rings. The van der Waals surface area contributed by atoms with Crippen LogP contribution in [0.15, 0.2) is 16.8 Å². The van der Waals surface area contributed by atoms with E-state index in [1.807, 2.05) is 0 Å². The first-order valence-corrected chi connectivity index (χ1v) is 4.67. The van der Waals surface area contributed by atoms with Crippen LogP contribution in [0.1, 0.15) is 6.42 Å². The largest absolute Gasteiger partial charge is 0.397 e. The number of halogens is 2. The van der Waals surface area contributed by atoms with E-state index in [1.54, 1.807) is 0 Å². The van der Waals surface area contributed by atoms with Crippen LogP contribution < -0.4 is 0 Å². The molecule has 0 aliphatic carbocycles. The normalized spacial score (nSPS) is 29.7. The Balaban J connectivity index is 1.84. The lowest BCUT2D eigenvalue weighted by Crippen LogP contribution is -2.27. The first-order valence-electron chi connectivity index (χ1n) is 4.67. The molecule has 2 rings (SSSR count). The highest BCUT2D eigenvalue weighted by Gasteiger charge is 2.26. The van der Waals surface area contributed by atoms with Gasteiger partial charge in [0.15, 0.2) is 0 Å². The zero-order chi connectivity index (χ0) is 9.97. The van der Waals surface area contributed by atoms with Gasteiger partial charge in [0.25, 0.3) is 0 Å². The Morgan fingerprint density at radius 1 is 1.64 bits per heavy atom. The Bertz CT molecular complexity index is 274. The molecular formula is C9H12F2N2O. The molecule has 0 N–H and O–H groups in total. The van der Waals surface area contributed by atoms with E-state index in [9.17, 15) is 8.78 Å². The molecule has 1 saturated heterocycles. The van der Waals surface area contributed by atoms with Gasteiger partial charge in [0.2, 0.25) is 0 Å². The van der Waals surface area contributed by atoms with E-state index < -0.39 is 6.22 Å². The summed E-state index contributed by atoms with van der Waals surface area (Å²) in [6.45, 7) is 3.22. The van der Waals surface area contributed by atoms with E-state index in [4.69, 9.17) is 0 Å². The molecule has 2 aliphatic heterocycles. The van der Waals surface area contributed by atoms with Gasteiger partial charge in [-0.2, -0.15) is 0 Å². The van der Waals surface area contributed by atoms with Crippen LogP contribution in [0.2, 0.25) is 0 Å². The summed E-state index contributed by atoms with van der Waals surface area (Å²) in [5, 5.41) is 2.61. The highest BCUT2D eigenvalue weighted by molar-refractivity contribution is 5.62. The lowest BCUT2D eigenvalue weighted by molar-refractivity contribution is 0.151. The molecule has 0 amide bonds. The quantitative estimate of drug-likeness (QED) is 0.393. The third-order valence-corrected chi connectivity index (χ3v) is 2.59. The van der Waals surface area contributed by atoms with Crippen molar-refractivity contribution in [3.05, 3.63) is 11.6 Å². The van der Waals surface area contributed by atoms with E-state index in [-0.39, 0.29) is 6.61 Å². The van der Waals surface area contributed by atoms with Crippen LogP contribution in [0, 0.1) is 5.92 Å². The Kier molecular flexibility index (Phi) is 2.77. The molecule has 2 bridgehead atoms. The van der Waals surface area contributed by atoms with Gasteiger partial charge in [-0.05, 0) is 29.6 Å². The minimum atomic E-state index is -2.02. The molecule has 0 aromatic rings. The number of rotatable bonds is 3. The summed E-state index contributed by atoms with van der Waals surface area (Å²) >= 11 is 0. The fourth-order valence-electron chi connectivity index (χ4n) is 2.07. The van der Waals surface area contributed by atoms with Gasteiger partial charge in [-0.3, -0.25) is 4.90 Å². The van der Waals surface area contributed by atoms with Crippen LogP contribution in [0.3, 0.4) is 0 Å². The van der Waals surface area contributed by atoms with Crippen molar-refractivity contribution in [1.82, 2.24) is 4.90 Å². The summed E-state index contributed by atoms with van der Waals surface area (Å²) < 4.78 is 23.1. The van der Waals surface area contributed by atoms with Gasteiger partial charge in [-0.15, -0.1) is 8.78 Å². The second kappa shape index (κ2) is 4.04. The molecule has 0 saturated carbocycles. The van der Waals surface area contributed by atoms with Gasteiger partial charge >= 0.3 is 6.22 Å². The molecule has 14 heavy (non-hydrogen) atoms. The second-order valence-corrected chi connectivity index (χ2v) is 3.71. The van der Waals surface area contributed by atoms with Crippen LogP contribution in [0.4, 0.5) is 8.78 Å². The van der Waals surface area contributed by atoms with E-state index in [0.717, 1.165) is 25.2 Å². The molecule has 78 valence electrons. The van der Waals surface area contributed by atoms with Gasteiger partial charge in [-0.1, -0.05) is 6.08 Å². The van der Waals surface area contributed by atoms with Gasteiger partial charge in [0.1, 0.15) is 6.61 Å². The minimum Gasteiger partial charge on any atom is -0.387 e. The predicted octanol–water partition coefficient (Wildman–Crippen LogP) is 1.47. The molecule has 2 unspecified atom stereocenters. The van der Waals surface area contributed by atoms with Crippen LogP contribution in [-0.2, 0) is 4.84 Å². The second-order valence-electron chi connectivity index (χ2n) is 3.71. The molecule has 3 nitrogen and oxygen atoms in total. The van der Waals surface area contributed by atoms with E-state index in [2.05, 4.69) is 21.0 Å². The molecule has 0 spiro atoms. The van der Waals surface area contributed by atoms with Crippen molar-refractivity contribution in [2.45, 2.75) is 6.42 Å². The Hall–Kier alpha value is -0.970. The smallest absolute Gasteiger partial charge is 0.387 e. The zero-order valence-electron chi connectivity index (χ0n) is 7.75. The lowest BCUT2D eigenvalue weighted by Gasteiger charge is -2.21. The van der Waals surface area contributed by atoms with Crippen LogP contribution >= 0.6 is 0 Å². The van der Waals surface area contributed by atoms with Crippen molar-refractivity contribution in [3.8, 4) is 0 Å². The van der Waals surface area contributed by atoms with Crippen LogP contribution in [0.5, 0.6) is 0 Å². The van der Waals surface area contributed by atoms with Crippen molar-refractivity contribution in [3.63, 3.8) is 0 Å². The molecule has 0 aromatic carbocycles. The maximum atomic E-state index is 11.5. The molecule has 2 atom stereocenters. The summed E-state index contributed by atoms with van der Waals surface area (Å²) in [6.07, 6.45) is 1.28. The maximum Gasteiger partial charge on any atom is 0.397 e. The Morgan fingerprint density at radius 2 is 2.50 bits per heavy atom. The third kappa shape index (κ3) is 2.29. The molecule has 2 aliphatic rings. The number of hydrogen-bond donors (Lipinski definition) is 0. The summed E-state index contributed by atoms with van der Waals surface area (Å²) in [5.74, 6) is 0.585. The van der Waals surface area contributed by atoms with E-state index in [1.165, 1.54) is 6.42 Å². The highest BCUT2D eigenvalue weighted by Crippen LogP contribution is 2.24. The Morgan fingerprint density at radius 3 is 3.21 bits per heavy atom. The molecule has 0 radical (unpaired) electrons. The summed E-state index contributed by atoms with van der Waals surface area (Å²) in [7, 11) is 0. The van der Waals surface area contributed by atoms with Crippen LogP contribution in [-0.4, -0.2) is 37.4 Å². The fraction of sp³-hybridized carbons (Fsp3) is 0.667. The first-order chi connectivity index (χ1) is 6.74. The van der Waals surface area contributed by atoms with Gasteiger partial charge in [-0.25, -0.2) is 0 Å². The summed E-state index contributed by atoms with van der Waals surface area (Å²) in [4.78, 5) is 6.81. The average Bonchev–Trinajstić information content (AvgIpc) is 2.45. The average molecular weight is 202 g/mol. The number of hydrogen-bond acceptors (Lipinski definition) is 3. The van der Waals surface area contributed by atoms with Gasteiger partial charge < -0.3 is 4.84 Å². The molecular weight excluding hydrogens is 190 g/mol. The number of fused-ring (bicyclic) bond motifs is 2. The first kappa shape index (κ1) is 9.58. The SMILES string of the molecule is FC(F)=NOCC1=CC2CCN(C1)C2. The maximum absolute atomic E-state index is 11.5. The topological polar surface area (TPSA) is 24.8 Å². The van der Waals surface area contributed by atoms with Gasteiger partial charge in [0.05, 0.1) is 0 Å². The van der Waals surface area contributed by atoms with Crippen molar-refractivity contribution < 1.29 is 13.6 Å². The van der Waals surface area contributed by atoms with Crippen LogP contribution in [0.25, 0.3) is 0 Å². The van der Waals surface area contributed by atoms with E-state index >= 15 is 0 Å². The summed E-state index contributed by atoms with van der Waals surface area (Å²) in [6, 6.07) is 0.